The van der Waals surface area contributed by atoms with E-state index in [1.54, 1.807) is 16.7 Å². The highest BCUT2D eigenvalue weighted by Crippen LogP contribution is 2.32. The zero-order chi connectivity index (χ0) is 24.5. The maximum absolute atomic E-state index is 14.6. The van der Waals surface area contributed by atoms with E-state index >= 15 is 0 Å². The number of anilines is 1. The number of carbonyl (C=O) groups excluding carboxylic acids is 1. The third-order valence-electron chi connectivity index (χ3n) is 5.84. The molecule has 3 N–H and O–H groups in total. The number of hydroxylamine groups is 1. The highest BCUT2D eigenvalue weighted by molar-refractivity contribution is 5.88. The molecule has 2 aromatic carbocycles. The van der Waals surface area contributed by atoms with Crippen LogP contribution in [0.15, 0.2) is 48.8 Å². The molecule has 180 valence electrons. The number of amides is 1. The number of rotatable bonds is 7. The maximum atomic E-state index is 14.6. The minimum atomic E-state index is -0.952. The third-order valence-corrected chi connectivity index (χ3v) is 5.84. The minimum Gasteiger partial charge on any atom is -0.496 e. The largest absolute Gasteiger partial charge is 0.496 e. The van der Waals surface area contributed by atoms with Crippen molar-refractivity contribution >= 4 is 22.8 Å². The number of benzene rings is 2. The van der Waals surface area contributed by atoms with Crippen LogP contribution in [0.2, 0.25) is 0 Å². The number of aromatic nitrogens is 3. The Morgan fingerprint density at radius 2 is 1.97 bits per heavy atom. The van der Waals surface area contributed by atoms with Crippen LogP contribution in [0.4, 0.5) is 19.4 Å². The van der Waals surface area contributed by atoms with E-state index in [9.17, 15) is 13.6 Å². The molecule has 1 amide bonds. The Kier molecular flexibility index (Phi) is 5.91. The number of nitrogens with zero attached hydrogens (tertiary/aromatic N) is 3. The van der Waals surface area contributed by atoms with Gasteiger partial charge in [0.25, 0.3) is 0 Å². The number of hydrogen-bond acceptors (Lipinski definition) is 7. The summed E-state index contributed by atoms with van der Waals surface area (Å²) < 4.78 is 35.6. The zero-order valence-corrected chi connectivity index (χ0v) is 18.9. The predicted octanol–water partition coefficient (Wildman–Crippen LogP) is 4.05. The van der Waals surface area contributed by atoms with Crippen LogP contribution in [0, 0.1) is 18.6 Å². The summed E-state index contributed by atoms with van der Waals surface area (Å²) in [6.07, 6.45) is 0.514. The van der Waals surface area contributed by atoms with E-state index in [-0.39, 0.29) is 5.52 Å². The van der Waals surface area contributed by atoms with E-state index in [4.69, 9.17) is 9.57 Å². The summed E-state index contributed by atoms with van der Waals surface area (Å²) in [5.41, 5.74) is 5.96. The molecule has 0 bridgehead atoms. The molecule has 1 fully saturated rings. The van der Waals surface area contributed by atoms with Gasteiger partial charge in [0.05, 0.1) is 18.3 Å². The van der Waals surface area contributed by atoms with Gasteiger partial charge < -0.3 is 19.5 Å². The fourth-order valence-corrected chi connectivity index (χ4v) is 4.12. The Morgan fingerprint density at radius 1 is 1.17 bits per heavy atom. The van der Waals surface area contributed by atoms with Crippen molar-refractivity contribution in [2.24, 2.45) is 0 Å². The quantitative estimate of drug-likeness (QED) is 0.367. The SMILES string of the molecule is COc1cc(F)c(F)c2c1cc(C)n2CCNc1cc(-c2ccc(C3NOC(=O)N3)cc2)ncn1. The molecule has 3 heterocycles. The molecule has 1 aliphatic heterocycles. The molecule has 1 atom stereocenters. The molecule has 1 aliphatic rings. The van der Waals surface area contributed by atoms with Gasteiger partial charge in [0, 0.05) is 41.9 Å². The van der Waals surface area contributed by atoms with Crippen LogP contribution < -0.4 is 20.9 Å². The highest BCUT2D eigenvalue weighted by Gasteiger charge is 2.23. The second kappa shape index (κ2) is 9.18. The number of aryl methyl sites for hydroxylation is 1. The van der Waals surface area contributed by atoms with Crippen molar-refractivity contribution in [3.05, 3.63) is 71.7 Å². The number of nitrogens with one attached hydrogen (secondary N) is 3. The van der Waals surface area contributed by atoms with Gasteiger partial charge in [0.1, 0.15) is 24.1 Å². The molecule has 9 nitrogen and oxygen atoms in total. The zero-order valence-electron chi connectivity index (χ0n) is 18.9. The Balaban J connectivity index is 1.30. The molecule has 0 saturated carbocycles. The minimum absolute atomic E-state index is 0.169. The monoisotopic (exact) mass is 480 g/mol. The molecule has 1 saturated heterocycles. The van der Waals surface area contributed by atoms with Crippen molar-refractivity contribution in [2.45, 2.75) is 19.6 Å². The van der Waals surface area contributed by atoms with Gasteiger partial charge in [-0.3, -0.25) is 5.32 Å². The van der Waals surface area contributed by atoms with E-state index in [1.807, 2.05) is 31.2 Å². The first-order valence-electron chi connectivity index (χ1n) is 10.9. The van der Waals surface area contributed by atoms with Crippen molar-refractivity contribution in [2.75, 3.05) is 19.0 Å². The Morgan fingerprint density at radius 3 is 2.69 bits per heavy atom. The molecule has 0 aliphatic carbocycles. The molecular formula is C24H22F2N6O3. The van der Waals surface area contributed by atoms with Gasteiger partial charge in [-0.15, -0.1) is 5.48 Å². The summed E-state index contributed by atoms with van der Waals surface area (Å²) in [6.45, 7) is 2.64. The summed E-state index contributed by atoms with van der Waals surface area (Å²) in [5, 5.41) is 6.38. The second-order valence-electron chi connectivity index (χ2n) is 8.00. The van der Waals surface area contributed by atoms with Gasteiger partial charge >= 0.3 is 6.09 Å². The first-order chi connectivity index (χ1) is 16.9. The predicted molar refractivity (Wildman–Crippen MR) is 125 cm³/mol. The van der Waals surface area contributed by atoms with Gasteiger partial charge in [-0.05, 0) is 18.6 Å². The van der Waals surface area contributed by atoms with Gasteiger partial charge in [0.15, 0.2) is 11.6 Å². The topological polar surface area (TPSA) is 102 Å². The van der Waals surface area contributed by atoms with Crippen molar-refractivity contribution in [3.8, 4) is 17.0 Å². The Labute approximate surface area is 199 Å². The number of carbonyl (C=O) groups is 1. The van der Waals surface area contributed by atoms with Gasteiger partial charge in [-0.25, -0.2) is 23.5 Å². The lowest BCUT2D eigenvalue weighted by atomic mass is 10.1. The summed E-state index contributed by atoms with van der Waals surface area (Å²) in [7, 11) is 1.43. The number of ether oxygens (including phenoxy) is 1. The number of hydrogen-bond donors (Lipinski definition) is 3. The molecule has 0 radical (unpaired) electrons. The van der Waals surface area contributed by atoms with E-state index in [1.165, 1.54) is 13.4 Å². The van der Waals surface area contributed by atoms with Crippen molar-refractivity contribution < 1.29 is 23.1 Å². The van der Waals surface area contributed by atoms with E-state index in [2.05, 4.69) is 26.1 Å². The molecular weight excluding hydrogens is 458 g/mol. The molecule has 4 aromatic rings. The van der Waals surface area contributed by atoms with Crippen LogP contribution in [0.25, 0.3) is 22.2 Å². The molecule has 1 unspecified atom stereocenters. The average molecular weight is 480 g/mol. The Hall–Kier alpha value is -4.25. The van der Waals surface area contributed by atoms with Crippen LogP contribution in [0.3, 0.4) is 0 Å². The fourth-order valence-electron chi connectivity index (χ4n) is 4.12. The summed E-state index contributed by atoms with van der Waals surface area (Å²) in [5.74, 6) is -0.971. The molecule has 11 heteroatoms. The molecule has 35 heavy (non-hydrogen) atoms. The number of methoxy groups -OCH3 is 1. The van der Waals surface area contributed by atoms with Crippen LogP contribution in [-0.4, -0.2) is 34.3 Å². The van der Waals surface area contributed by atoms with Crippen LogP contribution in [0.1, 0.15) is 17.4 Å². The Bertz CT molecular complexity index is 1410. The van der Waals surface area contributed by atoms with Gasteiger partial charge in [-0.2, -0.15) is 0 Å². The average Bonchev–Trinajstić information content (AvgIpc) is 3.45. The summed E-state index contributed by atoms with van der Waals surface area (Å²) in [4.78, 5) is 24.5. The molecule has 0 spiro atoms. The highest BCUT2D eigenvalue weighted by atomic mass is 19.2. The number of halogens is 2. The number of fused-ring (bicyclic) bond motifs is 1. The summed E-state index contributed by atoms with van der Waals surface area (Å²) in [6, 6.07) is 12.1. The van der Waals surface area contributed by atoms with Crippen molar-refractivity contribution in [1.82, 2.24) is 25.3 Å². The van der Waals surface area contributed by atoms with Gasteiger partial charge in [0.2, 0.25) is 0 Å². The standard InChI is InChI=1S/C24H22F2N6O3/c1-13-9-16-19(34-2)10-17(25)21(26)22(16)32(13)8-7-27-20-11-18(28-12-29-20)14-3-5-15(6-4-14)23-30-24(33)35-31-23/h3-6,9-12,23,31H,7-8H2,1-2H3,(H,30,33)(H,27,28,29). The smallest absolute Gasteiger partial charge is 0.427 e. The van der Waals surface area contributed by atoms with Gasteiger partial charge in [-0.1, -0.05) is 24.3 Å². The van der Waals surface area contributed by atoms with Crippen molar-refractivity contribution in [3.63, 3.8) is 0 Å². The maximum Gasteiger partial charge on any atom is 0.427 e. The second-order valence-corrected chi connectivity index (χ2v) is 8.00. The first kappa shape index (κ1) is 22.5. The normalized spacial score (nSPS) is 15.2. The lowest BCUT2D eigenvalue weighted by Gasteiger charge is -2.12. The van der Waals surface area contributed by atoms with E-state index < -0.39 is 23.9 Å². The molecule has 2 aromatic heterocycles. The molecule has 5 rings (SSSR count). The van der Waals surface area contributed by atoms with E-state index in [0.29, 0.717) is 35.7 Å². The fraction of sp³-hybridized carbons (Fsp3) is 0.208. The lowest BCUT2D eigenvalue weighted by Crippen LogP contribution is -2.21. The van der Waals surface area contributed by atoms with Crippen molar-refractivity contribution in [1.29, 1.82) is 0 Å². The van der Waals surface area contributed by atoms with E-state index in [0.717, 1.165) is 22.9 Å². The summed E-state index contributed by atoms with van der Waals surface area (Å²) >= 11 is 0. The first-order valence-corrected chi connectivity index (χ1v) is 10.9. The third kappa shape index (κ3) is 4.33. The van der Waals surface area contributed by atoms with Crippen LogP contribution >= 0.6 is 0 Å². The van der Waals surface area contributed by atoms with Crippen LogP contribution in [-0.2, 0) is 11.4 Å². The lowest BCUT2D eigenvalue weighted by molar-refractivity contribution is 0.122. The van der Waals surface area contributed by atoms with Crippen LogP contribution in [0.5, 0.6) is 5.75 Å².